The molecule has 0 saturated heterocycles. The van der Waals surface area contributed by atoms with E-state index in [4.69, 9.17) is 9.15 Å². The summed E-state index contributed by atoms with van der Waals surface area (Å²) in [5.74, 6) is 0.515. The lowest BCUT2D eigenvalue weighted by atomic mass is 10.1. The van der Waals surface area contributed by atoms with E-state index in [0.717, 1.165) is 0 Å². The van der Waals surface area contributed by atoms with E-state index in [-0.39, 0.29) is 0 Å². The van der Waals surface area contributed by atoms with Crippen LogP contribution in [0.3, 0.4) is 0 Å². The maximum Gasteiger partial charge on any atom is 0.336 e. The summed E-state index contributed by atoms with van der Waals surface area (Å²) < 4.78 is 10.6. The molecule has 1 atom stereocenters. The lowest BCUT2D eigenvalue weighted by Gasteiger charge is -2.13. The Morgan fingerprint density at radius 2 is 2.14 bits per heavy atom. The van der Waals surface area contributed by atoms with Crippen molar-refractivity contribution in [2.24, 2.45) is 0 Å². The van der Waals surface area contributed by atoms with Gasteiger partial charge < -0.3 is 19.2 Å². The summed E-state index contributed by atoms with van der Waals surface area (Å²) in [5, 5.41) is 10.4. The molecule has 4 rings (SSSR count). The SMILES string of the molecule is CN1c2cc3oc(=O)cc(-c4cnccn4)c3cc2OC1O. The Balaban J connectivity index is 2.03. The van der Waals surface area contributed by atoms with Crippen molar-refractivity contribution in [2.75, 3.05) is 11.9 Å². The van der Waals surface area contributed by atoms with Gasteiger partial charge >= 0.3 is 5.63 Å². The number of hydrogen-bond acceptors (Lipinski definition) is 7. The van der Waals surface area contributed by atoms with Crippen molar-refractivity contribution in [1.29, 1.82) is 0 Å². The van der Waals surface area contributed by atoms with Crippen LogP contribution in [0.15, 0.2) is 46.0 Å². The minimum atomic E-state index is -1.06. The largest absolute Gasteiger partial charge is 0.445 e. The van der Waals surface area contributed by atoms with E-state index in [1.807, 2.05) is 0 Å². The molecule has 0 amide bonds. The molecule has 0 radical (unpaired) electrons. The normalized spacial score (nSPS) is 16.6. The van der Waals surface area contributed by atoms with E-state index in [1.54, 1.807) is 42.7 Å². The Morgan fingerprint density at radius 3 is 2.91 bits per heavy atom. The molecule has 110 valence electrons. The smallest absolute Gasteiger partial charge is 0.336 e. The fraction of sp³-hybridized carbons (Fsp3) is 0.133. The van der Waals surface area contributed by atoms with Crippen LogP contribution in [0, 0.1) is 0 Å². The summed E-state index contributed by atoms with van der Waals surface area (Å²) in [6.45, 7) is 0. The Labute approximate surface area is 124 Å². The zero-order valence-electron chi connectivity index (χ0n) is 11.6. The summed E-state index contributed by atoms with van der Waals surface area (Å²) in [7, 11) is 1.69. The topological polar surface area (TPSA) is 88.7 Å². The van der Waals surface area contributed by atoms with Gasteiger partial charge in [-0.25, -0.2) is 4.79 Å². The van der Waals surface area contributed by atoms with Gasteiger partial charge in [0.25, 0.3) is 6.41 Å². The number of aliphatic hydroxyl groups is 1. The van der Waals surface area contributed by atoms with E-state index < -0.39 is 12.0 Å². The number of ether oxygens (including phenoxy) is 1. The van der Waals surface area contributed by atoms with Crippen molar-refractivity contribution in [3.8, 4) is 17.0 Å². The number of nitrogens with zero attached hydrogens (tertiary/aromatic N) is 3. The summed E-state index contributed by atoms with van der Waals surface area (Å²) in [6, 6.07) is 4.76. The first kappa shape index (κ1) is 12.8. The third-order valence-corrected chi connectivity index (χ3v) is 3.61. The van der Waals surface area contributed by atoms with Crippen LogP contribution < -0.4 is 15.3 Å². The molecule has 0 bridgehead atoms. The highest BCUT2D eigenvalue weighted by atomic mass is 16.6. The van der Waals surface area contributed by atoms with Gasteiger partial charge in [-0.15, -0.1) is 0 Å². The lowest BCUT2D eigenvalue weighted by Crippen LogP contribution is -2.29. The van der Waals surface area contributed by atoms with Gasteiger partial charge in [0.2, 0.25) is 0 Å². The molecule has 7 heteroatoms. The molecule has 2 aromatic heterocycles. The van der Waals surface area contributed by atoms with Crippen LogP contribution in [0.4, 0.5) is 5.69 Å². The van der Waals surface area contributed by atoms with Crippen LogP contribution in [0.1, 0.15) is 0 Å². The predicted molar refractivity (Wildman–Crippen MR) is 78.5 cm³/mol. The monoisotopic (exact) mass is 297 g/mol. The highest BCUT2D eigenvalue weighted by Gasteiger charge is 2.27. The molecule has 1 aliphatic rings. The molecule has 22 heavy (non-hydrogen) atoms. The van der Waals surface area contributed by atoms with Crippen molar-refractivity contribution in [3.63, 3.8) is 0 Å². The molecule has 0 saturated carbocycles. The lowest BCUT2D eigenvalue weighted by molar-refractivity contribution is 0.00104. The fourth-order valence-corrected chi connectivity index (χ4v) is 2.51. The van der Waals surface area contributed by atoms with Gasteiger partial charge in [0, 0.05) is 42.5 Å². The Hall–Kier alpha value is -2.93. The summed E-state index contributed by atoms with van der Waals surface area (Å²) >= 11 is 0. The van der Waals surface area contributed by atoms with E-state index in [2.05, 4.69) is 9.97 Å². The molecule has 0 fully saturated rings. The zero-order valence-corrected chi connectivity index (χ0v) is 11.6. The van der Waals surface area contributed by atoms with Crippen LogP contribution in [-0.4, -0.2) is 28.5 Å². The van der Waals surface area contributed by atoms with Gasteiger partial charge in [0.05, 0.1) is 17.6 Å². The molecular formula is C15H11N3O4. The van der Waals surface area contributed by atoms with Crippen molar-refractivity contribution >= 4 is 16.7 Å². The quantitative estimate of drug-likeness (QED) is 0.678. The van der Waals surface area contributed by atoms with Crippen LogP contribution >= 0.6 is 0 Å². The van der Waals surface area contributed by atoms with Gasteiger partial charge in [-0.1, -0.05) is 0 Å². The van der Waals surface area contributed by atoms with Crippen LogP contribution in [0.2, 0.25) is 0 Å². The maximum absolute atomic E-state index is 11.8. The van der Waals surface area contributed by atoms with Crippen molar-refractivity contribution in [3.05, 3.63) is 47.2 Å². The van der Waals surface area contributed by atoms with E-state index >= 15 is 0 Å². The minimum Gasteiger partial charge on any atom is -0.445 e. The molecule has 1 unspecified atom stereocenters. The Bertz CT molecular complexity index is 923. The molecule has 3 aromatic rings. The van der Waals surface area contributed by atoms with Crippen molar-refractivity contribution in [2.45, 2.75) is 6.41 Å². The predicted octanol–water partition coefficient (Wildman–Crippen LogP) is 1.35. The van der Waals surface area contributed by atoms with Gasteiger partial charge in [-0.05, 0) is 6.07 Å². The fourth-order valence-electron chi connectivity index (χ4n) is 2.51. The van der Waals surface area contributed by atoms with Gasteiger partial charge in [-0.2, -0.15) is 0 Å². The second kappa shape index (κ2) is 4.54. The summed E-state index contributed by atoms with van der Waals surface area (Å²) in [4.78, 5) is 21.6. The standard InChI is InChI=1S/C15H11N3O4/c1-18-11-6-12-9(4-13(11)22-15(18)20)8(5-14(19)21-12)10-7-16-2-3-17-10/h2-7,15,20H,1H3. The molecule has 0 spiro atoms. The third kappa shape index (κ3) is 1.83. The Kier molecular flexibility index (Phi) is 2.64. The van der Waals surface area contributed by atoms with E-state index in [0.29, 0.717) is 33.7 Å². The summed E-state index contributed by atoms with van der Waals surface area (Å²) in [6.07, 6.45) is 3.63. The number of aromatic nitrogens is 2. The highest BCUT2D eigenvalue weighted by Crippen LogP contribution is 2.40. The molecule has 1 N–H and O–H groups in total. The van der Waals surface area contributed by atoms with Crippen LogP contribution in [0.25, 0.3) is 22.2 Å². The van der Waals surface area contributed by atoms with Gasteiger partial charge in [0.15, 0.2) is 0 Å². The minimum absolute atomic E-state index is 0.399. The zero-order chi connectivity index (χ0) is 15.3. The molecule has 7 nitrogen and oxygen atoms in total. The maximum atomic E-state index is 11.8. The molecule has 1 aliphatic heterocycles. The number of anilines is 1. The second-order valence-electron chi connectivity index (χ2n) is 4.94. The number of hydrogen-bond donors (Lipinski definition) is 1. The van der Waals surface area contributed by atoms with E-state index in [9.17, 15) is 9.90 Å². The third-order valence-electron chi connectivity index (χ3n) is 3.61. The molecule has 1 aromatic carbocycles. The van der Waals surface area contributed by atoms with Gasteiger partial charge in [-0.3, -0.25) is 9.97 Å². The van der Waals surface area contributed by atoms with Crippen LogP contribution in [0.5, 0.6) is 5.75 Å². The number of benzene rings is 1. The first-order valence-electron chi connectivity index (χ1n) is 6.59. The molecular weight excluding hydrogens is 286 g/mol. The molecule has 0 aliphatic carbocycles. The first-order valence-corrected chi connectivity index (χ1v) is 6.59. The van der Waals surface area contributed by atoms with Crippen molar-refractivity contribution < 1.29 is 14.3 Å². The number of fused-ring (bicyclic) bond motifs is 2. The van der Waals surface area contributed by atoms with E-state index in [1.165, 1.54) is 6.07 Å². The van der Waals surface area contributed by atoms with Crippen molar-refractivity contribution in [1.82, 2.24) is 9.97 Å². The average Bonchev–Trinajstić information content (AvgIpc) is 2.80. The van der Waals surface area contributed by atoms with Crippen LogP contribution in [-0.2, 0) is 0 Å². The highest BCUT2D eigenvalue weighted by molar-refractivity contribution is 5.96. The van der Waals surface area contributed by atoms with Gasteiger partial charge in [0.1, 0.15) is 11.3 Å². The Morgan fingerprint density at radius 1 is 1.27 bits per heavy atom. The second-order valence-corrected chi connectivity index (χ2v) is 4.94. The summed E-state index contributed by atoms with van der Waals surface area (Å²) in [5.41, 5.74) is 1.74. The number of rotatable bonds is 1. The first-order chi connectivity index (χ1) is 10.6. The average molecular weight is 297 g/mol. The number of aliphatic hydroxyl groups excluding tert-OH is 1. The molecule has 3 heterocycles.